The molecule has 0 unspecified atom stereocenters. The predicted molar refractivity (Wildman–Crippen MR) is 98.1 cm³/mol. The number of rotatable bonds is 5. The summed E-state index contributed by atoms with van der Waals surface area (Å²) in [6.07, 6.45) is 0. The lowest BCUT2D eigenvalue weighted by Gasteiger charge is -2.25. The molecule has 0 aromatic heterocycles. The number of likely N-dealkylation sites (N-methyl/N-ethyl adjacent to an activating group) is 1. The first kappa shape index (κ1) is 17.1. The molecule has 2 aromatic carbocycles. The first-order chi connectivity index (χ1) is 10.9. The molecule has 23 heavy (non-hydrogen) atoms. The van der Waals surface area contributed by atoms with Crippen molar-refractivity contribution in [2.75, 3.05) is 23.3 Å². The van der Waals surface area contributed by atoms with E-state index in [2.05, 4.69) is 32.2 Å². The second-order valence-corrected chi connectivity index (χ2v) is 6.62. The fourth-order valence-corrected chi connectivity index (χ4v) is 2.67. The molecule has 0 aliphatic rings. The third kappa shape index (κ3) is 4.35. The van der Waals surface area contributed by atoms with Crippen LogP contribution < -0.4 is 10.2 Å². The molecule has 0 spiro atoms. The number of benzene rings is 2. The Bertz CT molecular complexity index is 644. The van der Waals surface area contributed by atoms with Crippen LogP contribution in [0.5, 0.6) is 0 Å². The van der Waals surface area contributed by atoms with Gasteiger partial charge in [-0.1, -0.05) is 57.2 Å². The maximum absolute atomic E-state index is 12.6. The zero-order valence-corrected chi connectivity index (χ0v) is 14.5. The third-order valence-electron chi connectivity index (χ3n) is 3.85. The summed E-state index contributed by atoms with van der Waals surface area (Å²) in [6, 6.07) is 18.0. The molecule has 0 heterocycles. The molecule has 0 aliphatic carbocycles. The molecule has 0 fully saturated rings. The highest BCUT2D eigenvalue weighted by molar-refractivity contribution is 5.96. The average Bonchev–Trinajstić information content (AvgIpc) is 2.54. The lowest BCUT2D eigenvalue weighted by atomic mass is 9.86. The zero-order valence-electron chi connectivity index (χ0n) is 14.5. The highest BCUT2D eigenvalue weighted by atomic mass is 16.2. The van der Waals surface area contributed by atoms with Gasteiger partial charge in [-0.25, -0.2) is 0 Å². The highest BCUT2D eigenvalue weighted by Gasteiger charge is 2.19. The maximum Gasteiger partial charge on any atom is 0.246 e. The summed E-state index contributed by atoms with van der Waals surface area (Å²) in [6.45, 7) is 9.47. The Labute approximate surface area is 139 Å². The van der Waals surface area contributed by atoms with Crippen LogP contribution in [0.1, 0.15) is 33.3 Å². The summed E-state index contributed by atoms with van der Waals surface area (Å²) in [4.78, 5) is 14.4. The molecule has 1 amide bonds. The van der Waals surface area contributed by atoms with Crippen molar-refractivity contribution in [1.82, 2.24) is 0 Å². The van der Waals surface area contributed by atoms with Crippen LogP contribution in [0.15, 0.2) is 54.6 Å². The number of para-hydroxylation sites is 2. The molecule has 0 saturated heterocycles. The second kappa shape index (κ2) is 7.32. The molecule has 0 saturated carbocycles. The van der Waals surface area contributed by atoms with Gasteiger partial charge < -0.3 is 10.2 Å². The number of hydrogen-bond donors (Lipinski definition) is 1. The minimum atomic E-state index is 0.0382. The summed E-state index contributed by atoms with van der Waals surface area (Å²) in [5, 5.41) is 3.31. The minimum Gasteiger partial charge on any atom is -0.376 e. The van der Waals surface area contributed by atoms with Crippen molar-refractivity contribution in [2.45, 2.75) is 33.1 Å². The summed E-state index contributed by atoms with van der Waals surface area (Å²) >= 11 is 0. The van der Waals surface area contributed by atoms with Crippen LogP contribution in [-0.4, -0.2) is 19.0 Å². The molecule has 3 heteroatoms. The number of hydrogen-bond acceptors (Lipinski definition) is 2. The number of carbonyl (C=O) groups is 1. The summed E-state index contributed by atoms with van der Waals surface area (Å²) in [7, 11) is 0. The van der Waals surface area contributed by atoms with Gasteiger partial charge in [-0.3, -0.25) is 4.79 Å². The Hall–Kier alpha value is -2.29. The van der Waals surface area contributed by atoms with Crippen LogP contribution in [0.25, 0.3) is 0 Å². The Balaban J connectivity index is 2.10. The molecule has 3 nitrogen and oxygen atoms in total. The lowest BCUT2D eigenvalue weighted by molar-refractivity contribution is -0.116. The van der Waals surface area contributed by atoms with Gasteiger partial charge in [-0.05, 0) is 36.1 Å². The van der Waals surface area contributed by atoms with E-state index in [4.69, 9.17) is 0 Å². The van der Waals surface area contributed by atoms with Gasteiger partial charge in [0.05, 0.1) is 6.54 Å². The minimum absolute atomic E-state index is 0.0382. The number of carbonyl (C=O) groups excluding carboxylic acids is 1. The second-order valence-electron chi connectivity index (χ2n) is 6.62. The number of nitrogens with one attached hydrogen (secondary N) is 1. The van der Waals surface area contributed by atoms with E-state index >= 15 is 0 Å². The topological polar surface area (TPSA) is 32.3 Å². The summed E-state index contributed by atoms with van der Waals surface area (Å²) < 4.78 is 0. The Morgan fingerprint density at radius 1 is 1.00 bits per heavy atom. The summed E-state index contributed by atoms with van der Waals surface area (Å²) in [5.74, 6) is 0.0717. The zero-order chi connectivity index (χ0) is 16.9. The highest BCUT2D eigenvalue weighted by Crippen LogP contribution is 2.29. The van der Waals surface area contributed by atoms with Gasteiger partial charge in [-0.15, -0.1) is 0 Å². The molecule has 2 rings (SSSR count). The van der Waals surface area contributed by atoms with E-state index < -0.39 is 0 Å². The fraction of sp³-hybridized carbons (Fsp3) is 0.350. The first-order valence-corrected chi connectivity index (χ1v) is 8.12. The molecule has 2 aromatic rings. The van der Waals surface area contributed by atoms with E-state index in [1.165, 1.54) is 5.56 Å². The van der Waals surface area contributed by atoms with Crippen molar-refractivity contribution in [3.05, 3.63) is 60.2 Å². The number of amides is 1. The van der Waals surface area contributed by atoms with Gasteiger partial charge in [0, 0.05) is 17.9 Å². The quantitative estimate of drug-likeness (QED) is 0.885. The molecular weight excluding hydrogens is 284 g/mol. The predicted octanol–water partition coefficient (Wildman–Crippen LogP) is 4.45. The maximum atomic E-state index is 12.6. The molecule has 0 radical (unpaired) electrons. The molecule has 0 aliphatic heterocycles. The largest absolute Gasteiger partial charge is 0.376 e. The molecule has 0 bridgehead atoms. The smallest absolute Gasteiger partial charge is 0.246 e. The lowest BCUT2D eigenvalue weighted by Crippen LogP contribution is -2.35. The van der Waals surface area contributed by atoms with Crippen LogP contribution >= 0.6 is 0 Å². The van der Waals surface area contributed by atoms with Gasteiger partial charge in [0.15, 0.2) is 0 Å². The standard InChI is InChI=1S/C20H26N2O/c1-5-22(16-11-7-6-8-12-16)19(23)15-21-18-14-10-9-13-17(18)20(2,3)4/h6-14,21H,5,15H2,1-4H3. The van der Waals surface area contributed by atoms with Gasteiger partial charge >= 0.3 is 0 Å². The number of anilines is 2. The Morgan fingerprint density at radius 3 is 2.22 bits per heavy atom. The van der Waals surface area contributed by atoms with Gasteiger partial charge in [0.2, 0.25) is 5.91 Å². The fourth-order valence-electron chi connectivity index (χ4n) is 2.67. The van der Waals surface area contributed by atoms with E-state index in [1.807, 2.05) is 55.5 Å². The monoisotopic (exact) mass is 310 g/mol. The summed E-state index contributed by atoms with van der Waals surface area (Å²) in [5.41, 5.74) is 3.22. The van der Waals surface area contributed by atoms with Crippen molar-refractivity contribution in [3.63, 3.8) is 0 Å². The first-order valence-electron chi connectivity index (χ1n) is 8.12. The van der Waals surface area contributed by atoms with Crippen molar-refractivity contribution in [3.8, 4) is 0 Å². The van der Waals surface area contributed by atoms with E-state index in [1.54, 1.807) is 4.90 Å². The van der Waals surface area contributed by atoms with Gasteiger partial charge in [0.25, 0.3) is 0 Å². The Kier molecular flexibility index (Phi) is 5.43. The molecular formula is C20H26N2O. The van der Waals surface area contributed by atoms with Crippen LogP contribution in [0.2, 0.25) is 0 Å². The third-order valence-corrected chi connectivity index (χ3v) is 3.85. The normalized spacial score (nSPS) is 11.1. The van der Waals surface area contributed by atoms with E-state index in [0.717, 1.165) is 11.4 Å². The van der Waals surface area contributed by atoms with Crippen molar-refractivity contribution < 1.29 is 4.79 Å². The molecule has 0 atom stereocenters. The van der Waals surface area contributed by atoms with Crippen LogP contribution in [0.4, 0.5) is 11.4 Å². The van der Waals surface area contributed by atoms with Gasteiger partial charge in [-0.2, -0.15) is 0 Å². The van der Waals surface area contributed by atoms with Crippen LogP contribution in [0.3, 0.4) is 0 Å². The SMILES string of the molecule is CCN(C(=O)CNc1ccccc1C(C)(C)C)c1ccccc1. The van der Waals surface area contributed by atoms with Crippen molar-refractivity contribution in [2.24, 2.45) is 0 Å². The van der Waals surface area contributed by atoms with E-state index in [9.17, 15) is 4.79 Å². The Morgan fingerprint density at radius 2 is 1.61 bits per heavy atom. The van der Waals surface area contributed by atoms with Crippen molar-refractivity contribution >= 4 is 17.3 Å². The van der Waals surface area contributed by atoms with Crippen LogP contribution in [-0.2, 0) is 10.2 Å². The van der Waals surface area contributed by atoms with Gasteiger partial charge in [0.1, 0.15) is 0 Å². The van der Waals surface area contributed by atoms with Crippen molar-refractivity contribution in [1.29, 1.82) is 0 Å². The number of nitrogens with zero attached hydrogens (tertiary/aromatic N) is 1. The average molecular weight is 310 g/mol. The molecule has 122 valence electrons. The van der Waals surface area contributed by atoms with E-state index in [0.29, 0.717) is 6.54 Å². The molecule has 1 N–H and O–H groups in total. The van der Waals surface area contributed by atoms with E-state index in [-0.39, 0.29) is 17.9 Å². The van der Waals surface area contributed by atoms with Crippen LogP contribution in [0, 0.1) is 0 Å².